The summed E-state index contributed by atoms with van der Waals surface area (Å²) in [6.45, 7) is 0. The first kappa shape index (κ1) is 7.63. The van der Waals surface area contributed by atoms with Crippen LogP contribution in [0.1, 0.15) is 10.5 Å². The van der Waals surface area contributed by atoms with E-state index in [0.29, 0.717) is 4.96 Å². The van der Waals surface area contributed by atoms with Crippen LogP contribution in [0.3, 0.4) is 0 Å². The number of carboxylic acid groups (broad SMARTS) is 1. The largest absolute Gasteiger partial charge is 0.476 e. The molecule has 1 N–H and O–H groups in total. The molecule has 0 aliphatic carbocycles. The van der Waals surface area contributed by atoms with E-state index in [-0.39, 0.29) is 10.7 Å². The summed E-state index contributed by atoms with van der Waals surface area (Å²) in [6.07, 6.45) is 1.66. The van der Waals surface area contributed by atoms with Crippen molar-refractivity contribution in [3.05, 3.63) is 17.3 Å². The van der Waals surface area contributed by atoms with Crippen molar-refractivity contribution in [2.75, 3.05) is 0 Å². The molecule has 0 fully saturated rings. The predicted molar refractivity (Wildman–Crippen MR) is 47.3 cm³/mol. The molecule has 0 unspecified atom stereocenters. The number of aromatic carboxylic acids is 1. The molecule has 2 aromatic rings. The van der Waals surface area contributed by atoms with Crippen LogP contribution in [0.15, 0.2) is 16.6 Å². The fourth-order valence-corrected chi connectivity index (χ4v) is 2.05. The highest BCUT2D eigenvalue weighted by molar-refractivity contribution is 7.80. The van der Waals surface area contributed by atoms with Crippen LogP contribution < -0.4 is 0 Å². The summed E-state index contributed by atoms with van der Waals surface area (Å²) < 4.78 is 1.51. The zero-order chi connectivity index (χ0) is 8.72. The number of imidazole rings is 1. The van der Waals surface area contributed by atoms with Gasteiger partial charge in [0.2, 0.25) is 0 Å². The quantitative estimate of drug-likeness (QED) is 0.684. The highest BCUT2D eigenvalue weighted by atomic mass is 32.1. The van der Waals surface area contributed by atoms with Gasteiger partial charge in [-0.05, 0) is 0 Å². The molecule has 62 valence electrons. The summed E-state index contributed by atoms with van der Waals surface area (Å²) in [5.74, 6) is -1.01. The van der Waals surface area contributed by atoms with E-state index in [0.717, 1.165) is 0 Å². The first-order valence-electron chi connectivity index (χ1n) is 3.08. The number of carbonyl (C=O) groups is 1. The maximum absolute atomic E-state index is 10.7. The maximum Gasteiger partial charge on any atom is 0.355 e. The Labute approximate surface area is 76.9 Å². The molecular weight excluding hydrogens is 196 g/mol. The van der Waals surface area contributed by atoms with Gasteiger partial charge in [0, 0.05) is 11.6 Å². The lowest BCUT2D eigenvalue weighted by Crippen LogP contribution is -2.00. The van der Waals surface area contributed by atoms with E-state index < -0.39 is 5.97 Å². The van der Waals surface area contributed by atoms with E-state index >= 15 is 0 Å². The van der Waals surface area contributed by atoms with Crippen molar-refractivity contribution in [1.29, 1.82) is 0 Å². The van der Waals surface area contributed by atoms with Crippen molar-refractivity contribution in [2.45, 2.75) is 5.03 Å². The van der Waals surface area contributed by atoms with E-state index in [1.165, 1.54) is 15.7 Å². The molecule has 0 aliphatic rings. The molecule has 0 saturated carbocycles. The maximum atomic E-state index is 10.7. The van der Waals surface area contributed by atoms with Crippen molar-refractivity contribution in [3.8, 4) is 0 Å². The van der Waals surface area contributed by atoms with Gasteiger partial charge in [-0.1, -0.05) is 0 Å². The first-order chi connectivity index (χ1) is 5.70. The molecule has 12 heavy (non-hydrogen) atoms. The second-order valence-electron chi connectivity index (χ2n) is 2.14. The van der Waals surface area contributed by atoms with Gasteiger partial charge < -0.3 is 5.11 Å². The minimum Gasteiger partial charge on any atom is -0.476 e. The van der Waals surface area contributed by atoms with E-state index in [2.05, 4.69) is 17.6 Å². The third-order valence-corrected chi connectivity index (χ3v) is 2.51. The second-order valence-corrected chi connectivity index (χ2v) is 3.44. The summed E-state index contributed by atoms with van der Waals surface area (Å²) in [5.41, 5.74) is 0.120. The highest BCUT2D eigenvalue weighted by Gasteiger charge is 2.16. The molecule has 6 heteroatoms. The Morgan fingerprint density at radius 1 is 1.75 bits per heavy atom. The van der Waals surface area contributed by atoms with Crippen LogP contribution in [0.25, 0.3) is 4.96 Å². The smallest absolute Gasteiger partial charge is 0.355 e. The molecule has 2 heterocycles. The number of hydrogen-bond acceptors (Lipinski definition) is 4. The summed E-state index contributed by atoms with van der Waals surface area (Å²) >= 11 is 5.33. The van der Waals surface area contributed by atoms with Crippen LogP contribution in [-0.2, 0) is 0 Å². The van der Waals surface area contributed by atoms with Gasteiger partial charge in [-0.25, -0.2) is 9.78 Å². The molecule has 0 saturated heterocycles. The zero-order valence-electron chi connectivity index (χ0n) is 5.76. The van der Waals surface area contributed by atoms with Crippen LogP contribution in [0.4, 0.5) is 0 Å². The standard InChI is InChI=1S/C6H4N2O2S2/c9-5(10)3-4(11)7-6-8(3)1-2-12-6/h1-2,11H,(H,9,10). The number of nitrogens with zero attached hydrogens (tertiary/aromatic N) is 2. The van der Waals surface area contributed by atoms with Gasteiger partial charge in [-0.2, -0.15) is 0 Å². The van der Waals surface area contributed by atoms with Crippen LogP contribution in [0, 0.1) is 0 Å². The Hall–Kier alpha value is -1.01. The topological polar surface area (TPSA) is 54.6 Å². The van der Waals surface area contributed by atoms with Crippen molar-refractivity contribution >= 4 is 34.9 Å². The third kappa shape index (κ3) is 0.919. The van der Waals surface area contributed by atoms with E-state index in [4.69, 9.17) is 5.11 Å². The third-order valence-electron chi connectivity index (χ3n) is 1.45. The summed E-state index contributed by atoms with van der Waals surface area (Å²) in [5, 5.41) is 10.8. The van der Waals surface area contributed by atoms with Crippen LogP contribution >= 0.6 is 24.0 Å². The van der Waals surface area contributed by atoms with Crippen molar-refractivity contribution in [2.24, 2.45) is 0 Å². The average Bonchev–Trinajstić information content (AvgIpc) is 2.44. The Morgan fingerprint density at radius 2 is 2.50 bits per heavy atom. The second kappa shape index (κ2) is 2.49. The van der Waals surface area contributed by atoms with Gasteiger partial charge in [0.15, 0.2) is 10.7 Å². The van der Waals surface area contributed by atoms with Crippen LogP contribution in [0.5, 0.6) is 0 Å². The van der Waals surface area contributed by atoms with Gasteiger partial charge in [0.25, 0.3) is 0 Å². The summed E-state index contributed by atoms with van der Waals surface area (Å²) in [6, 6.07) is 0. The lowest BCUT2D eigenvalue weighted by atomic mass is 10.5. The molecule has 0 bridgehead atoms. The molecule has 0 aliphatic heterocycles. The highest BCUT2D eigenvalue weighted by Crippen LogP contribution is 2.19. The number of thiazole rings is 1. The Balaban J connectivity index is 2.84. The zero-order valence-corrected chi connectivity index (χ0v) is 7.47. The Bertz CT molecular complexity index is 445. The number of fused-ring (bicyclic) bond motifs is 1. The van der Waals surface area contributed by atoms with Gasteiger partial charge in [-0.3, -0.25) is 4.40 Å². The Kier molecular flexibility index (Phi) is 1.59. The van der Waals surface area contributed by atoms with Crippen molar-refractivity contribution < 1.29 is 9.90 Å². The van der Waals surface area contributed by atoms with Gasteiger partial charge >= 0.3 is 5.97 Å². The van der Waals surface area contributed by atoms with Crippen molar-refractivity contribution in [1.82, 2.24) is 9.38 Å². The van der Waals surface area contributed by atoms with E-state index in [1.54, 1.807) is 11.6 Å². The number of carboxylic acids is 1. The SMILES string of the molecule is O=C(O)c1c(S)nc2sccn12. The number of aromatic nitrogens is 2. The van der Waals surface area contributed by atoms with Crippen molar-refractivity contribution in [3.63, 3.8) is 0 Å². The molecule has 0 atom stereocenters. The first-order valence-corrected chi connectivity index (χ1v) is 4.40. The molecular formula is C6H4N2O2S2. The molecule has 4 nitrogen and oxygen atoms in total. The number of hydrogen-bond donors (Lipinski definition) is 2. The Morgan fingerprint density at radius 3 is 3.17 bits per heavy atom. The van der Waals surface area contributed by atoms with E-state index in [1.807, 2.05) is 0 Å². The van der Waals surface area contributed by atoms with Gasteiger partial charge in [-0.15, -0.1) is 24.0 Å². The number of thiol groups is 1. The minimum absolute atomic E-state index is 0.120. The molecule has 2 aromatic heterocycles. The normalized spacial score (nSPS) is 10.8. The number of rotatable bonds is 1. The predicted octanol–water partition coefficient (Wildman–Crippen LogP) is 1.38. The summed E-state index contributed by atoms with van der Waals surface area (Å²) in [4.78, 5) is 15.3. The van der Waals surface area contributed by atoms with E-state index in [9.17, 15) is 4.79 Å². The lowest BCUT2D eigenvalue weighted by molar-refractivity contribution is 0.0685. The van der Waals surface area contributed by atoms with Gasteiger partial charge in [0.1, 0.15) is 5.03 Å². The molecule has 0 spiro atoms. The monoisotopic (exact) mass is 200 g/mol. The molecule has 0 amide bonds. The molecule has 0 aromatic carbocycles. The summed E-state index contributed by atoms with van der Waals surface area (Å²) in [7, 11) is 0. The van der Waals surface area contributed by atoms with Crippen LogP contribution in [-0.4, -0.2) is 20.5 Å². The fraction of sp³-hybridized carbons (Fsp3) is 0. The minimum atomic E-state index is -1.01. The fourth-order valence-electron chi connectivity index (χ4n) is 0.973. The molecule has 2 rings (SSSR count). The van der Waals surface area contributed by atoms with Gasteiger partial charge in [0.05, 0.1) is 0 Å². The molecule has 0 radical (unpaired) electrons. The van der Waals surface area contributed by atoms with Crippen LogP contribution in [0.2, 0.25) is 0 Å². The lowest BCUT2D eigenvalue weighted by Gasteiger charge is -1.89. The average molecular weight is 200 g/mol.